The SMILES string of the molecule is O=C1NC(=O)/C(=C/c2ccccc2OCc2ccc(Cl)cc2Cl)N1. The van der Waals surface area contributed by atoms with Gasteiger partial charge in [-0.1, -0.05) is 47.5 Å². The second kappa shape index (κ2) is 6.95. The molecule has 1 fully saturated rings. The molecule has 0 aromatic heterocycles. The Kier molecular flexibility index (Phi) is 4.74. The fraction of sp³-hybridized carbons (Fsp3) is 0.0588. The molecule has 1 heterocycles. The number of hydrogen-bond donors (Lipinski definition) is 2. The first-order valence-corrected chi connectivity index (χ1v) is 7.78. The van der Waals surface area contributed by atoms with Crippen molar-refractivity contribution in [2.45, 2.75) is 6.61 Å². The molecule has 24 heavy (non-hydrogen) atoms. The molecule has 0 radical (unpaired) electrons. The lowest BCUT2D eigenvalue weighted by Gasteiger charge is -2.11. The van der Waals surface area contributed by atoms with Crippen LogP contribution in [0, 0.1) is 0 Å². The third-order valence-corrected chi connectivity index (χ3v) is 3.92. The van der Waals surface area contributed by atoms with Crippen molar-refractivity contribution < 1.29 is 14.3 Å². The highest BCUT2D eigenvalue weighted by molar-refractivity contribution is 6.35. The molecular formula is C17H12Cl2N2O3. The van der Waals surface area contributed by atoms with Crippen LogP contribution in [-0.2, 0) is 11.4 Å². The maximum Gasteiger partial charge on any atom is 0.326 e. The van der Waals surface area contributed by atoms with E-state index in [-0.39, 0.29) is 12.3 Å². The standard InChI is InChI=1S/C17H12Cl2N2O3/c18-12-6-5-11(13(19)8-12)9-24-15-4-2-1-3-10(15)7-14-16(22)21-17(23)20-14/h1-8H,9H2,(H2,20,21,22,23)/b14-7-. The summed E-state index contributed by atoms with van der Waals surface area (Å²) >= 11 is 12.0. The highest BCUT2D eigenvalue weighted by Gasteiger charge is 2.23. The average Bonchev–Trinajstić information content (AvgIpc) is 2.85. The highest BCUT2D eigenvalue weighted by Crippen LogP contribution is 2.25. The molecule has 0 aliphatic carbocycles. The van der Waals surface area contributed by atoms with E-state index < -0.39 is 11.9 Å². The van der Waals surface area contributed by atoms with E-state index in [9.17, 15) is 9.59 Å². The molecule has 0 atom stereocenters. The largest absolute Gasteiger partial charge is 0.488 e. The van der Waals surface area contributed by atoms with Gasteiger partial charge in [0.25, 0.3) is 5.91 Å². The van der Waals surface area contributed by atoms with E-state index >= 15 is 0 Å². The van der Waals surface area contributed by atoms with Crippen molar-refractivity contribution in [3.63, 3.8) is 0 Å². The maximum atomic E-state index is 11.6. The Bertz CT molecular complexity index is 849. The van der Waals surface area contributed by atoms with Gasteiger partial charge in [0.1, 0.15) is 18.1 Å². The molecule has 122 valence electrons. The number of urea groups is 1. The number of benzene rings is 2. The van der Waals surface area contributed by atoms with Crippen LogP contribution in [0.2, 0.25) is 10.0 Å². The number of hydrogen-bond acceptors (Lipinski definition) is 3. The van der Waals surface area contributed by atoms with Crippen molar-refractivity contribution in [3.05, 3.63) is 69.3 Å². The number of carbonyl (C=O) groups is 2. The molecule has 0 unspecified atom stereocenters. The molecule has 1 saturated heterocycles. The fourth-order valence-corrected chi connectivity index (χ4v) is 2.63. The fourth-order valence-electron chi connectivity index (χ4n) is 2.16. The number of ether oxygens (including phenoxy) is 1. The van der Waals surface area contributed by atoms with E-state index in [1.54, 1.807) is 36.4 Å². The van der Waals surface area contributed by atoms with Crippen LogP contribution >= 0.6 is 23.2 Å². The van der Waals surface area contributed by atoms with Crippen LogP contribution < -0.4 is 15.4 Å². The van der Waals surface area contributed by atoms with Crippen LogP contribution in [0.5, 0.6) is 5.75 Å². The van der Waals surface area contributed by atoms with Crippen molar-refractivity contribution in [2.75, 3.05) is 0 Å². The molecule has 0 spiro atoms. The van der Waals surface area contributed by atoms with Gasteiger partial charge in [0.2, 0.25) is 0 Å². The van der Waals surface area contributed by atoms with Crippen LogP contribution in [0.4, 0.5) is 4.79 Å². The minimum Gasteiger partial charge on any atom is -0.488 e. The van der Waals surface area contributed by atoms with Gasteiger partial charge in [0.15, 0.2) is 0 Å². The van der Waals surface area contributed by atoms with Gasteiger partial charge in [-0.15, -0.1) is 0 Å². The molecule has 5 nitrogen and oxygen atoms in total. The topological polar surface area (TPSA) is 67.4 Å². The summed E-state index contributed by atoms with van der Waals surface area (Å²) in [4.78, 5) is 22.8. The smallest absolute Gasteiger partial charge is 0.326 e. The zero-order chi connectivity index (χ0) is 17.1. The van der Waals surface area contributed by atoms with Gasteiger partial charge in [-0.3, -0.25) is 10.1 Å². The van der Waals surface area contributed by atoms with Crippen LogP contribution in [0.25, 0.3) is 6.08 Å². The zero-order valence-electron chi connectivity index (χ0n) is 12.3. The second-order valence-electron chi connectivity index (χ2n) is 5.03. The van der Waals surface area contributed by atoms with E-state index in [0.717, 1.165) is 5.56 Å². The van der Waals surface area contributed by atoms with Gasteiger partial charge in [-0.05, 0) is 24.3 Å². The summed E-state index contributed by atoms with van der Waals surface area (Å²) in [6, 6.07) is 11.8. The Labute approximate surface area is 148 Å². The molecule has 2 aromatic carbocycles. The Morgan fingerprint density at radius 2 is 1.83 bits per heavy atom. The van der Waals surface area contributed by atoms with E-state index in [4.69, 9.17) is 27.9 Å². The van der Waals surface area contributed by atoms with Gasteiger partial charge in [-0.25, -0.2) is 4.79 Å². The summed E-state index contributed by atoms with van der Waals surface area (Å²) in [5, 5.41) is 5.66. The predicted molar refractivity (Wildman–Crippen MR) is 91.9 cm³/mol. The Balaban J connectivity index is 1.81. The van der Waals surface area contributed by atoms with Gasteiger partial charge in [-0.2, -0.15) is 0 Å². The number of imide groups is 1. The molecule has 0 saturated carbocycles. The van der Waals surface area contributed by atoms with Crippen LogP contribution in [0.15, 0.2) is 48.2 Å². The summed E-state index contributed by atoms with van der Waals surface area (Å²) in [7, 11) is 0. The molecule has 7 heteroatoms. The van der Waals surface area contributed by atoms with Crippen molar-refractivity contribution in [1.29, 1.82) is 0 Å². The minimum atomic E-state index is -0.544. The number of amides is 3. The summed E-state index contributed by atoms with van der Waals surface area (Å²) < 4.78 is 5.80. The summed E-state index contributed by atoms with van der Waals surface area (Å²) in [5.74, 6) is 0.0838. The monoisotopic (exact) mass is 362 g/mol. The van der Waals surface area contributed by atoms with Crippen molar-refractivity contribution in [1.82, 2.24) is 10.6 Å². The van der Waals surface area contributed by atoms with E-state index in [0.29, 0.717) is 21.4 Å². The van der Waals surface area contributed by atoms with E-state index in [1.807, 2.05) is 12.1 Å². The Hall–Kier alpha value is -2.50. The summed E-state index contributed by atoms with van der Waals surface area (Å²) in [6.45, 7) is 0.245. The molecule has 3 amide bonds. The first-order chi connectivity index (χ1) is 11.5. The number of para-hydroxylation sites is 1. The number of rotatable bonds is 4. The Morgan fingerprint density at radius 1 is 1.04 bits per heavy atom. The van der Waals surface area contributed by atoms with E-state index in [2.05, 4.69) is 10.6 Å². The quantitative estimate of drug-likeness (QED) is 0.642. The lowest BCUT2D eigenvalue weighted by Crippen LogP contribution is -2.22. The molecule has 1 aliphatic heterocycles. The number of carbonyl (C=O) groups excluding carboxylic acids is 2. The Morgan fingerprint density at radius 3 is 2.54 bits per heavy atom. The van der Waals surface area contributed by atoms with Crippen LogP contribution in [0.1, 0.15) is 11.1 Å². The molecule has 2 N–H and O–H groups in total. The van der Waals surface area contributed by atoms with Gasteiger partial charge in [0, 0.05) is 21.2 Å². The lowest BCUT2D eigenvalue weighted by atomic mass is 10.1. The molecular weight excluding hydrogens is 351 g/mol. The third kappa shape index (κ3) is 3.69. The minimum absolute atomic E-state index is 0.167. The average molecular weight is 363 g/mol. The first-order valence-electron chi connectivity index (χ1n) is 7.03. The number of nitrogens with one attached hydrogen (secondary N) is 2. The zero-order valence-corrected chi connectivity index (χ0v) is 13.8. The maximum absolute atomic E-state index is 11.6. The summed E-state index contributed by atoms with van der Waals surface area (Å²) in [5.41, 5.74) is 1.62. The van der Waals surface area contributed by atoms with Crippen LogP contribution in [0.3, 0.4) is 0 Å². The van der Waals surface area contributed by atoms with Crippen molar-refractivity contribution in [2.24, 2.45) is 0 Å². The lowest BCUT2D eigenvalue weighted by molar-refractivity contribution is -0.115. The van der Waals surface area contributed by atoms with Gasteiger partial charge in [0.05, 0.1) is 0 Å². The molecule has 0 bridgehead atoms. The van der Waals surface area contributed by atoms with Crippen LogP contribution in [-0.4, -0.2) is 11.9 Å². The summed E-state index contributed by atoms with van der Waals surface area (Å²) in [6.07, 6.45) is 1.55. The van der Waals surface area contributed by atoms with E-state index in [1.165, 1.54) is 0 Å². The van der Waals surface area contributed by atoms with Crippen molar-refractivity contribution in [3.8, 4) is 5.75 Å². The van der Waals surface area contributed by atoms with Gasteiger partial charge >= 0.3 is 6.03 Å². The second-order valence-corrected chi connectivity index (χ2v) is 5.87. The highest BCUT2D eigenvalue weighted by atomic mass is 35.5. The molecule has 2 aromatic rings. The molecule has 1 aliphatic rings. The first kappa shape index (κ1) is 16.4. The predicted octanol–water partition coefficient (Wildman–Crippen LogP) is 3.75. The normalized spacial score (nSPS) is 15.3. The van der Waals surface area contributed by atoms with Crippen molar-refractivity contribution >= 4 is 41.2 Å². The third-order valence-electron chi connectivity index (χ3n) is 3.34. The molecule has 3 rings (SSSR count). The van der Waals surface area contributed by atoms with Gasteiger partial charge < -0.3 is 10.1 Å². The number of halogens is 2.